The predicted molar refractivity (Wildman–Crippen MR) is 291 cm³/mol. The fourth-order valence-corrected chi connectivity index (χ4v) is 8.46. The molecular formula is C61H109NO5. The zero-order valence-corrected chi connectivity index (χ0v) is 44.3. The minimum atomic E-state index is -0.803. The molecule has 0 heterocycles. The maximum absolute atomic E-state index is 13.2. The standard InChI is InChI=1S/C61H109NO5/c1-4-7-10-13-16-19-22-25-27-29-30-32-34-36-39-42-45-48-51-54-61(66)67-57(52-49-46-43-40-37-24-21-18-15-12-9-6-3)55-60(65)62-58(56-63)59(64)53-50-47-44-41-38-35-33-31-28-26-23-20-17-14-11-8-5-2/h7,10,16,19,25,27,30,32,36,39-40,43,57-59,63-64H,4-6,8-9,11-15,17-18,20-24,26,28-29,31,33-35,37-38,41-42,44-56H2,1-3H3,(H,62,65)/b10-7-,19-16-,27-25-,32-30-,39-36-,43-40-. The van der Waals surface area contributed by atoms with Gasteiger partial charge in [-0.1, -0.05) is 248 Å². The molecule has 0 bridgehead atoms. The highest BCUT2D eigenvalue weighted by Gasteiger charge is 2.24. The van der Waals surface area contributed by atoms with Gasteiger partial charge in [0.15, 0.2) is 0 Å². The van der Waals surface area contributed by atoms with Crippen molar-refractivity contribution >= 4 is 11.9 Å². The molecule has 0 rings (SSSR count). The van der Waals surface area contributed by atoms with E-state index >= 15 is 0 Å². The van der Waals surface area contributed by atoms with Crippen LogP contribution in [-0.2, 0) is 14.3 Å². The molecule has 0 aliphatic heterocycles. The van der Waals surface area contributed by atoms with Crippen LogP contribution in [0, 0.1) is 0 Å². The summed E-state index contributed by atoms with van der Waals surface area (Å²) in [5, 5.41) is 23.9. The highest BCUT2D eigenvalue weighted by molar-refractivity contribution is 5.77. The lowest BCUT2D eigenvalue weighted by Crippen LogP contribution is -2.46. The van der Waals surface area contributed by atoms with Crippen LogP contribution in [0.5, 0.6) is 0 Å². The summed E-state index contributed by atoms with van der Waals surface area (Å²) in [5.74, 6) is -0.537. The number of unbranched alkanes of at least 4 members (excludes halogenated alkanes) is 27. The number of aliphatic hydroxyl groups excluding tert-OH is 2. The molecule has 6 nitrogen and oxygen atoms in total. The van der Waals surface area contributed by atoms with Crippen molar-refractivity contribution in [1.29, 1.82) is 0 Å². The van der Waals surface area contributed by atoms with Crippen LogP contribution in [0.3, 0.4) is 0 Å². The first-order valence-corrected chi connectivity index (χ1v) is 28.7. The van der Waals surface area contributed by atoms with Crippen LogP contribution in [0.1, 0.15) is 278 Å². The van der Waals surface area contributed by atoms with E-state index in [9.17, 15) is 19.8 Å². The van der Waals surface area contributed by atoms with Gasteiger partial charge < -0.3 is 20.3 Å². The number of aliphatic hydroxyl groups is 2. The van der Waals surface area contributed by atoms with Crippen LogP contribution < -0.4 is 5.32 Å². The van der Waals surface area contributed by atoms with Crippen LogP contribution in [0.15, 0.2) is 72.9 Å². The van der Waals surface area contributed by atoms with E-state index in [4.69, 9.17) is 4.74 Å². The molecule has 0 fully saturated rings. The molecule has 3 N–H and O–H groups in total. The molecule has 0 aliphatic rings. The summed E-state index contributed by atoms with van der Waals surface area (Å²) in [4.78, 5) is 26.2. The molecule has 1 amide bonds. The van der Waals surface area contributed by atoms with Gasteiger partial charge in [-0.2, -0.15) is 0 Å². The van der Waals surface area contributed by atoms with Crippen LogP contribution >= 0.6 is 0 Å². The van der Waals surface area contributed by atoms with Gasteiger partial charge in [0.05, 0.1) is 25.2 Å². The van der Waals surface area contributed by atoms with E-state index < -0.39 is 18.2 Å². The second kappa shape index (κ2) is 54.2. The van der Waals surface area contributed by atoms with E-state index in [1.807, 2.05) is 0 Å². The van der Waals surface area contributed by atoms with Crippen molar-refractivity contribution in [3.05, 3.63) is 72.9 Å². The van der Waals surface area contributed by atoms with E-state index in [0.717, 1.165) is 96.3 Å². The molecule has 388 valence electrons. The van der Waals surface area contributed by atoms with Crippen LogP contribution in [0.25, 0.3) is 0 Å². The molecule has 0 spiro atoms. The Labute approximate surface area is 415 Å². The monoisotopic (exact) mass is 936 g/mol. The molecule has 6 heteroatoms. The van der Waals surface area contributed by atoms with Crippen molar-refractivity contribution < 1.29 is 24.5 Å². The Morgan fingerprint density at radius 3 is 1.27 bits per heavy atom. The molecule has 0 aromatic heterocycles. The van der Waals surface area contributed by atoms with Crippen molar-refractivity contribution in [1.82, 2.24) is 5.32 Å². The van der Waals surface area contributed by atoms with Gasteiger partial charge in [-0.25, -0.2) is 0 Å². The number of carbonyl (C=O) groups is 2. The summed E-state index contributed by atoms with van der Waals surface area (Å²) in [5.41, 5.74) is 0. The molecule has 67 heavy (non-hydrogen) atoms. The van der Waals surface area contributed by atoms with Crippen molar-refractivity contribution in [3.8, 4) is 0 Å². The third kappa shape index (κ3) is 49.5. The van der Waals surface area contributed by atoms with Crippen LogP contribution in [0.4, 0.5) is 0 Å². The molecule has 0 aromatic carbocycles. The van der Waals surface area contributed by atoms with Gasteiger partial charge in [0.1, 0.15) is 6.10 Å². The largest absolute Gasteiger partial charge is 0.462 e. The SMILES string of the molecule is CC/C=C\C/C=C\C/C=C\C/C=C\C/C=C\CCCCCC(=O)OC(CCC/C=C\CCCCCCCCC)CC(=O)NC(CO)C(O)CCCCCCCCCCCCCCCCCCC. The zero-order chi connectivity index (χ0) is 48.8. The molecule has 0 saturated carbocycles. The molecule has 0 aromatic rings. The Kier molecular flexibility index (Phi) is 52.1. The molecule has 0 aliphatic carbocycles. The summed E-state index contributed by atoms with van der Waals surface area (Å²) in [6.07, 6.45) is 69.7. The van der Waals surface area contributed by atoms with E-state index in [1.165, 1.54) is 135 Å². The lowest BCUT2D eigenvalue weighted by Gasteiger charge is -2.24. The Morgan fingerprint density at radius 2 is 0.821 bits per heavy atom. The first kappa shape index (κ1) is 64.3. The first-order valence-electron chi connectivity index (χ1n) is 28.7. The zero-order valence-electron chi connectivity index (χ0n) is 44.3. The number of hydrogen-bond donors (Lipinski definition) is 3. The molecular weight excluding hydrogens is 827 g/mol. The predicted octanol–water partition coefficient (Wildman–Crippen LogP) is 17.7. The van der Waals surface area contributed by atoms with Crippen molar-refractivity contribution in [3.63, 3.8) is 0 Å². The van der Waals surface area contributed by atoms with E-state index in [0.29, 0.717) is 19.3 Å². The van der Waals surface area contributed by atoms with Crippen molar-refractivity contribution in [2.24, 2.45) is 0 Å². The number of esters is 1. The summed E-state index contributed by atoms with van der Waals surface area (Å²) >= 11 is 0. The van der Waals surface area contributed by atoms with E-state index in [-0.39, 0.29) is 24.9 Å². The molecule has 0 radical (unpaired) electrons. The Bertz CT molecular complexity index is 1230. The van der Waals surface area contributed by atoms with Crippen molar-refractivity contribution in [2.75, 3.05) is 6.61 Å². The maximum Gasteiger partial charge on any atom is 0.306 e. The topological polar surface area (TPSA) is 95.9 Å². The first-order chi connectivity index (χ1) is 33.0. The molecule has 3 unspecified atom stereocenters. The average molecular weight is 937 g/mol. The second-order valence-electron chi connectivity index (χ2n) is 19.3. The van der Waals surface area contributed by atoms with Gasteiger partial charge in [-0.3, -0.25) is 9.59 Å². The van der Waals surface area contributed by atoms with Gasteiger partial charge in [0.25, 0.3) is 0 Å². The normalized spacial score (nSPS) is 13.7. The third-order valence-corrected chi connectivity index (χ3v) is 12.8. The summed E-state index contributed by atoms with van der Waals surface area (Å²) in [7, 11) is 0. The highest BCUT2D eigenvalue weighted by atomic mass is 16.5. The second-order valence-corrected chi connectivity index (χ2v) is 19.3. The van der Waals surface area contributed by atoms with E-state index in [2.05, 4.69) is 99.0 Å². The van der Waals surface area contributed by atoms with Gasteiger partial charge in [0.2, 0.25) is 5.91 Å². The fourth-order valence-electron chi connectivity index (χ4n) is 8.46. The quantitative estimate of drug-likeness (QED) is 0.0321. The number of carbonyl (C=O) groups excluding carboxylic acids is 2. The lowest BCUT2D eigenvalue weighted by molar-refractivity contribution is -0.151. The Balaban J connectivity index is 4.57. The minimum absolute atomic E-state index is 0.0416. The van der Waals surface area contributed by atoms with Crippen LogP contribution in [-0.4, -0.2) is 46.9 Å². The smallest absolute Gasteiger partial charge is 0.306 e. The molecule has 0 saturated heterocycles. The summed E-state index contributed by atoms with van der Waals surface area (Å²) < 4.78 is 5.92. The summed E-state index contributed by atoms with van der Waals surface area (Å²) in [6, 6.07) is -0.720. The van der Waals surface area contributed by atoms with Gasteiger partial charge in [0, 0.05) is 6.42 Å². The third-order valence-electron chi connectivity index (χ3n) is 12.8. The minimum Gasteiger partial charge on any atom is -0.462 e. The van der Waals surface area contributed by atoms with Gasteiger partial charge >= 0.3 is 5.97 Å². The lowest BCUT2D eigenvalue weighted by atomic mass is 10.0. The fraction of sp³-hybridized carbons (Fsp3) is 0.770. The Morgan fingerprint density at radius 1 is 0.448 bits per heavy atom. The number of allylic oxidation sites excluding steroid dienone is 12. The number of nitrogens with one attached hydrogen (secondary N) is 1. The number of rotatable bonds is 51. The van der Waals surface area contributed by atoms with E-state index in [1.54, 1.807) is 0 Å². The maximum atomic E-state index is 13.2. The van der Waals surface area contributed by atoms with Crippen molar-refractivity contribution in [2.45, 2.75) is 296 Å². The molecule has 3 atom stereocenters. The number of hydrogen-bond acceptors (Lipinski definition) is 5. The van der Waals surface area contributed by atoms with Gasteiger partial charge in [-0.05, 0) is 89.9 Å². The summed E-state index contributed by atoms with van der Waals surface area (Å²) in [6.45, 7) is 6.37. The van der Waals surface area contributed by atoms with Gasteiger partial charge in [-0.15, -0.1) is 0 Å². The Hall–Kier alpha value is -2.70. The number of ether oxygens (including phenoxy) is 1. The highest BCUT2D eigenvalue weighted by Crippen LogP contribution is 2.17. The number of amides is 1. The average Bonchev–Trinajstić information content (AvgIpc) is 3.32. The van der Waals surface area contributed by atoms with Crippen LogP contribution in [0.2, 0.25) is 0 Å².